The zero-order valence-electron chi connectivity index (χ0n) is 20.2. The maximum atomic E-state index is 12.3. The van der Waals surface area contributed by atoms with Crippen LogP contribution in [-0.2, 0) is 0 Å². The Balaban J connectivity index is 0.000000424. The van der Waals surface area contributed by atoms with Gasteiger partial charge in [-0.15, -0.1) is 0 Å². The second-order valence-electron chi connectivity index (χ2n) is 9.74. The standard InChI is InChI=1S/C17H25N3O.C9H20/c1-12(18)14-10-13(6-7-15(14)19)16(21)20-11-17(2)8-4-3-5-9-17;1-5-8(3)7-9(4)6-2/h6-7,10,18H,3-5,8-9,11,19H2,1-2H3,(H,20,21);8-9H,5-7H2,1-4H3. The number of nitrogens with one attached hydrogen (secondary N) is 2. The van der Waals surface area contributed by atoms with Crippen LogP contribution in [0.1, 0.15) is 109 Å². The molecule has 4 nitrogen and oxygen atoms in total. The number of anilines is 1. The van der Waals surface area contributed by atoms with Crippen LogP contribution in [0.5, 0.6) is 0 Å². The Labute approximate surface area is 184 Å². The number of carbonyl (C=O) groups excluding carboxylic acids is 1. The minimum atomic E-state index is -0.0794. The molecule has 4 N–H and O–H groups in total. The molecule has 0 heterocycles. The zero-order chi connectivity index (χ0) is 22.7. The first kappa shape index (κ1) is 26.2. The summed E-state index contributed by atoms with van der Waals surface area (Å²) in [5.74, 6) is 1.78. The summed E-state index contributed by atoms with van der Waals surface area (Å²) in [7, 11) is 0. The number of carbonyl (C=O) groups is 1. The first-order valence-electron chi connectivity index (χ1n) is 11.8. The molecule has 170 valence electrons. The fraction of sp³-hybridized carbons (Fsp3) is 0.692. The summed E-state index contributed by atoms with van der Waals surface area (Å²) < 4.78 is 0. The van der Waals surface area contributed by atoms with E-state index in [1.54, 1.807) is 25.1 Å². The lowest BCUT2D eigenvalue weighted by Gasteiger charge is -2.33. The van der Waals surface area contributed by atoms with Crippen LogP contribution < -0.4 is 11.1 Å². The van der Waals surface area contributed by atoms with Gasteiger partial charge in [-0.3, -0.25) is 4.79 Å². The maximum Gasteiger partial charge on any atom is 0.251 e. The molecule has 2 rings (SSSR count). The first-order valence-corrected chi connectivity index (χ1v) is 11.8. The number of nitrogen functional groups attached to an aromatic ring is 1. The molecule has 1 aromatic carbocycles. The second kappa shape index (κ2) is 12.8. The van der Waals surface area contributed by atoms with Crippen LogP contribution in [0, 0.1) is 22.7 Å². The Kier molecular flexibility index (Phi) is 11.1. The molecule has 0 aromatic heterocycles. The van der Waals surface area contributed by atoms with Crippen molar-refractivity contribution in [1.82, 2.24) is 5.32 Å². The first-order chi connectivity index (χ1) is 14.1. The highest BCUT2D eigenvalue weighted by Gasteiger charge is 2.27. The number of hydrogen-bond donors (Lipinski definition) is 3. The summed E-state index contributed by atoms with van der Waals surface area (Å²) in [4.78, 5) is 12.3. The van der Waals surface area contributed by atoms with Crippen molar-refractivity contribution < 1.29 is 4.79 Å². The lowest BCUT2D eigenvalue weighted by atomic mass is 9.76. The smallest absolute Gasteiger partial charge is 0.251 e. The van der Waals surface area contributed by atoms with Crippen LogP contribution in [0.3, 0.4) is 0 Å². The topological polar surface area (TPSA) is 79.0 Å². The lowest BCUT2D eigenvalue weighted by Crippen LogP contribution is -2.37. The molecule has 1 aliphatic carbocycles. The molecule has 0 aliphatic heterocycles. The van der Waals surface area contributed by atoms with Gasteiger partial charge in [0, 0.05) is 29.1 Å². The summed E-state index contributed by atoms with van der Waals surface area (Å²) in [5, 5.41) is 10.7. The van der Waals surface area contributed by atoms with Gasteiger partial charge in [0.2, 0.25) is 0 Å². The van der Waals surface area contributed by atoms with E-state index in [4.69, 9.17) is 11.1 Å². The number of rotatable bonds is 8. The molecule has 0 spiro atoms. The van der Waals surface area contributed by atoms with Crippen molar-refractivity contribution in [2.24, 2.45) is 17.3 Å². The Morgan fingerprint density at radius 2 is 1.70 bits per heavy atom. The highest BCUT2D eigenvalue weighted by Crippen LogP contribution is 2.35. The van der Waals surface area contributed by atoms with Crippen molar-refractivity contribution in [3.05, 3.63) is 29.3 Å². The van der Waals surface area contributed by atoms with Gasteiger partial charge in [0.1, 0.15) is 0 Å². The third kappa shape index (κ3) is 8.89. The number of nitrogens with two attached hydrogens (primary N) is 1. The van der Waals surface area contributed by atoms with E-state index >= 15 is 0 Å². The molecule has 0 saturated heterocycles. The van der Waals surface area contributed by atoms with Crippen LogP contribution in [0.4, 0.5) is 5.69 Å². The molecule has 1 aliphatic rings. The van der Waals surface area contributed by atoms with E-state index < -0.39 is 0 Å². The van der Waals surface area contributed by atoms with Gasteiger partial charge in [-0.1, -0.05) is 66.7 Å². The molecule has 0 bridgehead atoms. The Morgan fingerprint density at radius 3 is 2.20 bits per heavy atom. The van der Waals surface area contributed by atoms with Gasteiger partial charge in [0.05, 0.1) is 0 Å². The molecule has 1 saturated carbocycles. The highest BCUT2D eigenvalue weighted by molar-refractivity contribution is 6.04. The Bertz CT molecular complexity index is 669. The summed E-state index contributed by atoms with van der Waals surface area (Å²) >= 11 is 0. The Hall–Kier alpha value is -1.84. The van der Waals surface area contributed by atoms with E-state index in [1.165, 1.54) is 51.4 Å². The van der Waals surface area contributed by atoms with Crippen LogP contribution in [0.25, 0.3) is 0 Å². The summed E-state index contributed by atoms with van der Waals surface area (Å²) in [6.45, 7) is 13.9. The molecule has 1 aromatic rings. The molecular weight excluding hydrogens is 370 g/mol. The van der Waals surface area contributed by atoms with Crippen LogP contribution in [0.15, 0.2) is 18.2 Å². The van der Waals surface area contributed by atoms with Crippen LogP contribution in [0.2, 0.25) is 0 Å². The third-order valence-corrected chi connectivity index (χ3v) is 6.65. The van der Waals surface area contributed by atoms with Crippen molar-refractivity contribution in [2.75, 3.05) is 12.3 Å². The fourth-order valence-corrected chi connectivity index (χ4v) is 4.02. The molecule has 2 unspecified atom stereocenters. The minimum Gasteiger partial charge on any atom is -0.398 e. The van der Waals surface area contributed by atoms with E-state index in [9.17, 15) is 4.79 Å². The number of benzene rings is 1. The monoisotopic (exact) mass is 415 g/mol. The molecule has 1 amide bonds. The van der Waals surface area contributed by atoms with Crippen molar-refractivity contribution in [3.63, 3.8) is 0 Å². The van der Waals surface area contributed by atoms with Gasteiger partial charge in [-0.2, -0.15) is 0 Å². The fourth-order valence-electron chi connectivity index (χ4n) is 4.02. The van der Waals surface area contributed by atoms with Crippen LogP contribution >= 0.6 is 0 Å². The lowest BCUT2D eigenvalue weighted by molar-refractivity contribution is 0.0919. The SMILES string of the molecule is CC(=N)c1cc(C(=O)NCC2(C)CCCCC2)ccc1N.CCC(C)CC(C)CC. The quantitative estimate of drug-likeness (QED) is 0.321. The van der Waals surface area contributed by atoms with Gasteiger partial charge in [0.25, 0.3) is 5.91 Å². The van der Waals surface area contributed by atoms with E-state index in [1.807, 2.05) is 0 Å². The van der Waals surface area contributed by atoms with E-state index in [0.29, 0.717) is 22.5 Å². The van der Waals surface area contributed by atoms with Gasteiger partial charge >= 0.3 is 0 Å². The van der Waals surface area contributed by atoms with Crippen molar-refractivity contribution in [1.29, 1.82) is 5.41 Å². The third-order valence-electron chi connectivity index (χ3n) is 6.65. The summed E-state index contributed by atoms with van der Waals surface area (Å²) in [6, 6.07) is 5.13. The molecule has 1 fully saturated rings. The van der Waals surface area contributed by atoms with Gasteiger partial charge in [0.15, 0.2) is 0 Å². The van der Waals surface area contributed by atoms with Crippen molar-refractivity contribution in [3.8, 4) is 0 Å². The number of amides is 1. The van der Waals surface area contributed by atoms with Crippen molar-refractivity contribution >= 4 is 17.3 Å². The van der Waals surface area contributed by atoms with Crippen LogP contribution in [-0.4, -0.2) is 18.2 Å². The highest BCUT2D eigenvalue weighted by atomic mass is 16.1. The largest absolute Gasteiger partial charge is 0.398 e. The second-order valence-corrected chi connectivity index (χ2v) is 9.74. The molecule has 2 atom stereocenters. The minimum absolute atomic E-state index is 0.0794. The molecular formula is C26H45N3O. The van der Waals surface area contributed by atoms with Crippen molar-refractivity contribution in [2.45, 2.75) is 92.9 Å². The van der Waals surface area contributed by atoms with E-state index in [0.717, 1.165) is 18.4 Å². The van der Waals surface area contributed by atoms with Gasteiger partial charge in [-0.25, -0.2) is 0 Å². The molecule has 0 radical (unpaired) electrons. The predicted octanol–water partition coefficient (Wildman–Crippen LogP) is 6.83. The maximum absolute atomic E-state index is 12.3. The molecule has 30 heavy (non-hydrogen) atoms. The Morgan fingerprint density at radius 1 is 1.13 bits per heavy atom. The predicted molar refractivity (Wildman–Crippen MR) is 130 cm³/mol. The average molecular weight is 416 g/mol. The zero-order valence-corrected chi connectivity index (χ0v) is 20.2. The summed E-state index contributed by atoms with van der Waals surface area (Å²) in [5.41, 5.74) is 8.18. The average Bonchev–Trinajstić information content (AvgIpc) is 2.73. The normalized spacial score (nSPS) is 17.3. The summed E-state index contributed by atoms with van der Waals surface area (Å²) in [6.07, 6.45) is 10.3. The van der Waals surface area contributed by atoms with Gasteiger partial charge < -0.3 is 16.5 Å². The van der Waals surface area contributed by atoms with E-state index in [2.05, 4.69) is 39.9 Å². The molecule has 4 heteroatoms. The van der Waals surface area contributed by atoms with E-state index in [-0.39, 0.29) is 11.3 Å². The van der Waals surface area contributed by atoms with Gasteiger partial charge in [-0.05, 0) is 61.6 Å². The number of hydrogen-bond acceptors (Lipinski definition) is 3.